The topological polar surface area (TPSA) is 73.6 Å². The second-order valence-electron chi connectivity index (χ2n) is 4.75. The van der Waals surface area contributed by atoms with Gasteiger partial charge in [0.1, 0.15) is 5.76 Å². The van der Waals surface area contributed by atoms with Crippen molar-refractivity contribution in [3.05, 3.63) is 47.7 Å². The fourth-order valence-electron chi connectivity index (χ4n) is 1.99. The van der Waals surface area contributed by atoms with Crippen LogP contribution in [0.4, 0.5) is 13.2 Å². The zero-order valence-electron chi connectivity index (χ0n) is 12.3. The fraction of sp³-hybridized carbons (Fsp3) is 0.188. The lowest BCUT2D eigenvalue weighted by Gasteiger charge is -2.09. The first-order valence-electron chi connectivity index (χ1n) is 6.63. The highest BCUT2D eigenvalue weighted by Crippen LogP contribution is 2.27. The number of benzene rings is 1. The van der Waals surface area contributed by atoms with E-state index in [0.29, 0.717) is 11.3 Å². The predicted molar refractivity (Wildman–Crippen MR) is 75.5 cm³/mol. The number of halogens is 3. The van der Waals surface area contributed by atoms with Crippen molar-refractivity contribution in [1.29, 1.82) is 0 Å². The number of hydrogen-bond acceptors (Lipinski definition) is 5. The molecule has 24 heavy (non-hydrogen) atoms. The van der Waals surface area contributed by atoms with Crippen molar-refractivity contribution in [1.82, 2.24) is 0 Å². The summed E-state index contributed by atoms with van der Waals surface area (Å²) in [6.45, 7) is 0. The van der Waals surface area contributed by atoms with Gasteiger partial charge in [0.2, 0.25) is 5.78 Å². The molecule has 0 spiro atoms. The molecule has 0 N–H and O–H groups in total. The summed E-state index contributed by atoms with van der Waals surface area (Å²) >= 11 is 0. The number of esters is 1. The molecule has 5 nitrogen and oxygen atoms in total. The van der Waals surface area contributed by atoms with Gasteiger partial charge in [-0.05, 0) is 24.3 Å². The SMILES string of the molecule is COC(=O)c1cc(C(=O)CC(=O)C(F)(F)F)ccc1-c1ccco1. The molecule has 0 saturated heterocycles. The molecule has 0 saturated carbocycles. The Morgan fingerprint density at radius 2 is 1.88 bits per heavy atom. The molecule has 0 radical (unpaired) electrons. The minimum atomic E-state index is -5.09. The zero-order valence-corrected chi connectivity index (χ0v) is 12.3. The minimum absolute atomic E-state index is 0.0576. The van der Waals surface area contributed by atoms with E-state index < -0.39 is 30.1 Å². The zero-order chi connectivity index (χ0) is 17.9. The summed E-state index contributed by atoms with van der Waals surface area (Å²) in [4.78, 5) is 34.7. The van der Waals surface area contributed by atoms with Crippen LogP contribution in [0.1, 0.15) is 27.1 Å². The number of furan rings is 1. The van der Waals surface area contributed by atoms with Gasteiger partial charge in [-0.15, -0.1) is 0 Å². The lowest BCUT2D eigenvalue weighted by Crippen LogP contribution is -2.25. The molecule has 0 aliphatic rings. The molecule has 1 aromatic carbocycles. The number of carbonyl (C=O) groups excluding carboxylic acids is 3. The van der Waals surface area contributed by atoms with E-state index >= 15 is 0 Å². The molecule has 2 aromatic rings. The van der Waals surface area contributed by atoms with Crippen LogP contribution in [0.2, 0.25) is 0 Å². The maximum Gasteiger partial charge on any atom is 0.450 e. The molecule has 1 aromatic heterocycles. The van der Waals surface area contributed by atoms with Gasteiger partial charge in [-0.25, -0.2) is 4.79 Å². The minimum Gasteiger partial charge on any atom is -0.465 e. The molecule has 0 atom stereocenters. The van der Waals surface area contributed by atoms with Gasteiger partial charge < -0.3 is 9.15 Å². The van der Waals surface area contributed by atoms with Crippen LogP contribution in [-0.4, -0.2) is 30.8 Å². The maximum atomic E-state index is 12.2. The average molecular weight is 340 g/mol. The molecule has 126 valence electrons. The van der Waals surface area contributed by atoms with Crippen molar-refractivity contribution in [3.8, 4) is 11.3 Å². The second kappa shape index (κ2) is 6.69. The average Bonchev–Trinajstić information content (AvgIpc) is 3.06. The monoisotopic (exact) mass is 340 g/mol. The van der Waals surface area contributed by atoms with Gasteiger partial charge in [0.05, 0.1) is 25.4 Å². The van der Waals surface area contributed by atoms with Gasteiger partial charge in [0.25, 0.3) is 0 Å². The second-order valence-corrected chi connectivity index (χ2v) is 4.75. The standard InChI is InChI=1S/C16H11F3O5/c1-23-15(22)11-7-9(12(20)8-14(21)16(17,18)19)4-5-10(11)13-3-2-6-24-13/h2-7H,8H2,1H3. The smallest absolute Gasteiger partial charge is 0.450 e. The molecule has 1 heterocycles. The number of hydrogen-bond donors (Lipinski definition) is 0. The van der Waals surface area contributed by atoms with Crippen molar-refractivity contribution >= 4 is 17.5 Å². The van der Waals surface area contributed by atoms with Crippen molar-refractivity contribution in [3.63, 3.8) is 0 Å². The summed E-state index contributed by atoms with van der Waals surface area (Å²) in [7, 11) is 1.12. The van der Waals surface area contributed by atoms with Crippen LogP contribution < -0.4 is 0 Å². The quantitative estimate of drug-likeness (QED) is 0.474. The van der Waals surface area contributed by atoms with E-state index in [9.17, 15) is 27.6 Å². The van der Waals surface area contributed by atoms with Crippen molar-refractivity contribution in [2.24, 2.45) is 0 Å². The van der Waals surface area contributed by atoms with Crippen LogP contribution in [0.3, 0.4) is 0 Å². The van der Waals surface area contributed by atoms with Gasteiger partial charge >= 0.3 is 12.1 Å². The highest BCUT2D eigenvalue weighted by Gasteiger charge is 2.39. The van der Waals surface area contributed by atoms with E-state index in [1.165, 1.54) is 18.4 Å². The summed E-state index contributed by atoms with van der Waals surface area (Å²) in [5, 5.41) is 0. The Bertz CT molecular complexity index is 776. The van der Waals surface area contributed by atoms with Crippen molar-refractivity contribution in [2.75, 3.05) is 7.11 Å². The maximum absolute atomic E-state index is 12.2. The number of ketones is 2. The third-order valence-corrected chi connectivity index (χ3v) is 3.17. The lowest BCUT2D eigenvalue weighted by atomic mass is 9.98. The number of rotatable bonds is 5. The molecule has 0 fully saturated rings. The van der Waals surface area contributed by atoms with E-state index in [2.05, 4.69) is 4.74 Å². The molecule has 0 aliphatic carbocycles. The molecule has 0 amide bonds. The largest absolute Gasteiger partial charge is 0.465 e. The Kier molecular flexibility index (Phi) is 4.87. The molecule has 2 rings (SSSR count). The summed E-state index contributed by atoms with van der Waals surface area (Å²) in [5.41, 5.74) is 0.0478. The van der Waals surface area contributed by atoms with E-state index in [0.717, 1.165) is 13.2 Å². The number of methoxy groups -OCH3 is 1. The van der Waals surface area contributed by atoms with Gasteiger partial charge in [0, 0.05) is 11.1 Å². The first-order chi connectivity index (χ1) is 11.2. The van der Waals surface area contributed by atoms with Crippen LogP contribution in [0.5, 0.6) is 0 Å². The fourth-order valence-corrected chi connectivity index (χ4v) is 1.99. The molecule has 0 unspecified atom stereocenters. The van der Waals surface area contributed by atoms with E-state index in [1.54, 1.807) is 12.1 Å². The number of ether oxygens (including phenoxy) is 1. The predicted octanol–water partition coefficient (Wildman–Crippen LogP) is 3.44. The summed E-state index contributed by atoms with van der Waals surface area (Å²) < 4.78 is 46.5. The summed E-state index contributed by atoms with van der Waals surface area (Å²) in [6, 6.07) is 6.79. The first-order valence-corrected chi connectivity index (χ1v) is 6.63. The molecular weight excluding hydrogens is 329 g/mol. The summed E-state index contributed by atoms with van der Waals surface area (Å²) in [6.07, 6.45) is -5.05. The van der Waals surface area contributed by atoms with Gasteiger partial charge in [-0.3, -0.25) is 9.59 Å². The van der Waals surface area contributed by atoms with Gasteiger partial charge in [0.15, 0.2) is 5.78 Å². The Labute approximate surface area is 134 Å². The van der Waals surface area contributed by atoms with E-state index in [1.807, 2.05) is 0 Å². The lowest BCUT2D eigenvalue weighted by molar-refractivity contribution is -0.170. The number of carbonyl (C=O) groups is 3. The Morgan fingerprint density at radius 1 is 1.17 bits per heavy atom. The Balaban J connectivity index is 2.38. The molecule has 0 bridgehead atoms. The highest BCUT2D eigenvalue weighted by molar-refractivity contribution is 6.10. The van der Waals surface area contributed by atoms with Crippen molar-refractivity contribution < 1.29 is 36.7 Å². The Hall–Kier alpha value is -2.90. The van der Waals surface area contributed by atoms with Crippen LogP contribution in [0, 0.1) is 0 Å². The normalized spacial score (nSPS) is 11.2. The van der Waals surface area contributed by atoms with Crippen LogP contribution in [-0.2, 0) is 9.53 Å². The third kappa shape index (κ3) is 3.70. The molecule has 8 heteroatoms. The van der Waals surface area contributed by atoms with Crippen LogP contribution >= 0.6 is 0 Å². The number of alkyl halides is 3. The summed E-state index contributed by atoms with van der Waals surface area (Å²) in [5.74, 6) is -3.67. The van der Waals surface area contributed by atoms with E-state index in [4.69, 9.17) is 4.42 Å². The van der Waals surface area contributed by atoms with Gasteiger partial charge in [-0.2, -0.15) is 13.2 Å². The van der Waals surface area contributed by atoms with Crippen molar-refractivity contribution in [2.45, 2.75) is 12.6 Å². The molecular formula is C16H11F3O5. The number of Topliss-reactive ketones (excluding diaryl/α,β-unsaturated/α-hetero) is 2. The Morgan fingerprint density at radius 3 is 2.42 bits per heavy atom. The van der Waals surface area contributed by atoms with Gasteiger partial charge in [-0.1, -0.05) is 6.07 Å². The van der Waals surface area contributed by atoms with Crippen LogP contribution in [0.15, 0.2) is 41.0 Å². The highest BCUT2D eigenvalue weighted by atomic mass is 19.4. The molecule has 0 aliphatic heterocycles. The third-order valence-electron chi connectivity index (χ3n) is 3.17. The van der Waals surface area contributed by atoms with E-state index in [-0.39, 0.29) is 11.1 Å². The van der Waals surface area contributed by atoms with Crippen LogP contribution in [0.25, 0.3) is 11.3 Å². The first kappa shape index (κ1) is 17.5.